The third-order valence-electron chi connectivity index (χ3n) is 4.44. The minimum Gasteiger partial charge on any atom is -0.493 e. The van der Waals surface area contributed by atoms with E-state index in [-0.39, 0.29) is 5.91 Å². The summed E-state index contributed by atoms with van der Waals surface area (Å²) in [6, 6.07) is 15.9. The quantitative estimate of drug-likeness (QED) is 0.556. The van der Waals surface area contributed by atoms with Gasteiger partial charge in [-0.1, -0.05) is 47.7 Å². The number of hydrogen-bond acceptors (Lipinski definition) is 6. The third-order valence-corrected chi connectivity index (χ3v) is 5.55. The minimum atomic E-state index is -0.133. The van der Waals surface area contributed by atoms with Gasteiger partial charge in [-0.25, -0.2) is 4.98 Å². The molecule has 0 aliphatic rings. The Morgan fingerprint density at radius 3 is 2.52 bits per heavy atom. The van der Waals surface area contributed by atoms with Crippen LogP contribution in [0.4, 0.5) is 5.13 Å². The van der Waals surface area contributed by atoms with Gasteiger partial charge in [-0.15, -0.1) is 0 Å². The van der Waals surface area contributed by atoms with Crippen LogP contribution in [0, 0.1) is 6.92 Å². The van der Waals surface area contributed by atoms with Gasteiger partial charge in [0.25, 0.3) is 5.91 Å². The molecule has 2 N–H and O–H groups in total. The molecule has 0 atom stereocenters. The van der Waals surface area contributed by atoms with Crippen LogP contribution < -0.4 is 20.1 Å². The van der Waals surface area contributed by atoms with E-state index in [1.165, 1.54) is 16.9 Å². The van der Waals surface area contributed by atoms with E-state index in [1.807, 2.05) is 43.3 Å². The number of aryl methyl sites for hydroxylation is 1. The number of carbonyl (C=O) groups excluding carboxylic acids is 1. The highest BCUT2D eigenvalue weighted by molar-refractivity contribution is 7.17. The summed E-state index contributed by atoms with van der Waals surface area (Å²) in [5.41, 5.74) is 2.92. The highest BCUT2D eigenvalue weighted by Gasteiger charge is 2.15. The monoisotopic (exact) mass is 411 g/mol. The number of nitrogens with one attached hydrogen (secondary N) is 2. The van der Waals surface area contributed by atoms with Crippen LogP contribution in [0.1, 0.15) is 26.5 Å². The van der Waals surface area contributed by atoms with Crippen LogP contribution in [-0.4, -0.2) is 31.7 Å². The number of rotatable bonds is 9. The van der Waals surface area contributed by atoms with Gasteiger partial charge >= 0.3 is 0 Å². The first-order valence-electron chi connectivity index (χ1n) is 9.35. The Labute approximate surface area is 174 Å². The van der Waals surface area contributed by atoms with Gasteiger partial charge in [0, 0.05) is 13.1 Å². The first kappa shape index (κ1) is 20.7. The number of benzene rings is 2. The number of methoxy groups -OCH3 is 2. The van der Waals surface area contributed by atoms with Crippen LogP contribution in [0.3, 0.4) is 0 Å². The largest absolute Gasteiger partial charge is 0.493 e. The Bertz CT molecular complexity index is 957. The lowest BCUT2D eigenvalue weighted by atomic mass is 10.2. The summed E-state index contributed by atoms with van der Waals surface area (Å²) in [6.45, 7) is 3.02. The van der Waals surface area contributed by atoms with Crippen molar-refractivity contribution in [3.05, 3.63) is 70.2 Å². The van der Waals surface area contributed by atoms with Gasteiger partial charge in [0.15, 0.2) is 16.6 Å². The lowest BCUT2D eigenvalue weighted by molar-refractivity contribution is 0.0954. The zero-order chi connectivity index (χ0) is 20.6. The van der Waals surface area contributed by atoms with Crippen molar-refractivity contribution in [2.45, 2.75) is 19.9 Å². The molecular formula is C22H25N3O3S. The number of carbonyl (C=O) groups is 1. The first-order chi connectivity index (χ1) is 14.1. The Morgan fingerprint density at radius 1 is 1.03 bits per heavy atom. The summed E-state index contributed by atoms with van der Waals surface area (Å²) in [7, 11) is 3.19. The molecule has 152 valence electrons. The summed E-state index contributed by atoms with van der Waals surface area (Å²) in [4.78, 5) is 17.7. The number of amides is 1. The maximum atomic E-state index is 12.6. The van der Waals surface area contributed by atoms with Crippen molar-refractivity contribution in [3.63, 3.8) is 0 Å². The summed E-state index contributed by atoms with van der Waals surface area (Å²) < 4.78 is 10.5. The van der Waals surface area contributed by atoms with Crippen molar-refractivity contribution in [3.8, 4) is 11.5 Å². The summed E-state index contributed by atoms with van der Waals surface area (Å²) >= 11 is 1.37. The van der Waals surface area contributed by atoms with E-state index < -0.39 is 0 Å². The highest BCUT2D eigenvalue weighted by Crippen LogP contribution is 2.27. The fraction of sp³-hybridized carbons (Fsp3) is 0.273. The van der Waals surface area contributed by atoms with Crippen molar-refractivity contribution in [1.29, 1.82) is 0 Å². The Hall–Kier alpha value is -3.06. The smallest absolute Gasteiger partial charge is 0.263 e. The molecule has 0 saturated carbocycles. The zero-order valence-electron chi connectivity index (χ0n) is 16.8. The number of anilines is 1. The van der Waals surface area contributed by atoms with Crippen LogP contribution in [0.25, 0.3) is 0 Å². The number of aromatic nitrogens is 1. The molecule has 3 aromatic rings. The molecule has 0 fully saturated rings. The van der Waals surface area contributed by atoms with Gasteiger partial charge in [-0.3, -0.25) is 4.79 Å². The maximum Gasteiger partial charge on any atom is 0.263 e. The molecule has 0 saturated heterocycles. The van der Waals surface area contributed by atoms with E-state index in [2.05, 4.69) is 27.8 Å². The molecule has 2 aromatic carbocycles. The van der Waals surface area contributed by atoms with Crippen LogP contribution >= 0.6 is 11.3 Å². The second kappa shape index (κ2) is 9.93. The topological polar surface area (TPSA) is 72.5 Å². The molecule has 0 aliphatic heterocycles. The van der Waals surface area contributed by atoms with Crippen molar-refractivity contribution in [2.24, 2.45) is 0 Å². The van der Waals surface area contributed by atoms with Crippen molar-refractivity contribution >= 4 is 22.4 Å². The summed E-state index contributed by atoms with van der Waals surface area (Å²) in [6.07, 6.45) is 0.903. The molecule has 1 heterocycles. The molecule has 29 heavy (non-hydrogen) atoms. The van der Waals surface area contributed by atoms with Crippen LogP contribution in [0.15, 0.2) is 48.5 Å². The average molecular weight is 412 g/mol. The van der Waals surface area contributed by atoms with Crippen molar-refractivity contribution in [2.75, 3.05) is 26.1 Å². The lowest BCUT2D eigenvalue weighted by Gasteiger charge is -2.10. The highest BCUT2D eigenvalue weighted by atomic mass is 32.1. The summed E-state index contributed by atoms with van der Waals surface area (Å²) in [5.74, 6) is 1.16. The van der Waals surface area contributed by atoms with E-state index >= 15 is 0 Å². The fourth-order valence-corrected chi connectivity index (χ4v) is 3.80. The molecule has 1 amide bonds. The molecule has 3 rings (SSSR count). The molecule has 0 aliphatic carbocycles. The molecule has 1 aromatic heterocycles. The normalized spacial score (nSPS) is 10.4. The Balaban J connectivity index is 1.55. The van der Waals surface area contributed by atoms with Crippen molar-refractivity contribution in [1.82, 2.24) is 10.3 Å². The first-order valence-corrected chi connectivity index (χ1v) is 10.2. The van der Waals surface area contributed by atoms with Gasteiger partial charge in [0.1, 0.15) is 4.88 Å². The summed E-state index contributed by atoms with van der Waals surface area (Å²) in [5, 5.41) is 7.01. The lowest BCUT2D eigenvalue weighted by Crippen LogP contribution is -2.22. The van der Waals surface area contributed by atoms with Gasteiger partial charge in [-0.2, -0.15) is 0 Å². The van der Waals surface area contributed by atoms with Gasteiger partial charge in [0.2, 0.25) is 0 Å². The third kappa shape index (κ3) is 5.48. The minimum absolute atomic E-state index is 0.133. The van der Waals surface area contributed by atoms with Gasteiger partial charge < -0.3 is 20.1 Å². The van der Waals surface area contributed by atoms with E-state index in [9.17, 15) is 4.79 Å². The number of ether oxygens (including phenoxy) is 2. The van der Waals surface area contributed by atoms with E-state index in [4.69, 9.17) is 9.47 Å². The zero-order valence-corrected chi connectivity index (χ0v) is 17.6. The van der Waals surface area contributed by atoms with Crippen LogP contribution in [-0.2, 0) is 13.0 Å². The van der Waals surface area contributed by atoms with Crippen LogP contribution in [0.2, 0.25) is 0 Å². The molecular weight excluding hydrogens is 386 g/mol. The van der Waals surface area contributed by atoms with Gasteiger partial charge in [0.05, 0.1) is 19.9 Å². The second-order valence-corrected chi connectivity index (χ2v) is 7.47. The second-order valence-electron chi connectivity index (χ2n) is 6.47. The molecule has 0 bridgehead atoms. The number of nitrogens with zero attached hydrogens (tertiary/aromatic N) is 1. The predicted octanol–water partition coefficient (Wildman–Crippen LogP) is 4.05. The van der Waals surface area contributed by atoms with Crippen molar-refractivity contribution < 1.29 is 14.3 Å². The van der Waals surface area contributed by atoms with Crippen LogP contribution in [0.5, 0.6) is 11.5 Å². The molecule has 7 heteroatoms. The fourth-order valence-electron chi connectivity index (χ4n) is 2.89. The Morgan fingerprint density at radius 2 is 1.79 bits per heavy atom. The predicted molar refractivity (Wildman–Crippen MR) is 116 cm³/mol. The molecule has 6 nitrogen and oxygen atoms in total. The average Bonchev–Trinajstić information content (AvgIpc) is 3.13. The maximum absolute atomic E-state index is 12.6. The SMILES string of the molecule is COc1ccc(CNC(=O)c2sc(NCCc3ccccc3)nc2C)cc1OC. The van der Waals surface area contributed by atoms with E-state index in [0.29, 0.717) is 22.9 Å². The molecule has 0 unspecified atom stereocenters. The molecule has 0 radical (unpaired) electrons. The number of thiazole rings is 1. The Kier molecular flexibility index (Phi) is 7.08. The van der Waals surface area contributed by atoms with E-state index in [1.54, 1.807) is 14.2 Å². The van der Waals surface area contributed by atoms with E-state index in [0.717, 1.165) is 29.4 Å². The molecule has 0 spiro atoms. The number of hydrogen-bond donors (Lipinski definition) is 2. The van der Waals surface area contributed by atoms with Gasteiger partial charge in [-0.05, 0) is 36.6 Å². The standard InChI is InChI=1S/C22H25N3O3S/c1-15-20(29-22(25-15)23-12-11-16-7-5-4-6-8-16)21(26)24-14-17-9-10-18(27-2)19(13-17)28-3/h4-10,13H,11-12,14H2,1-3H3,(H,23,25)(H,24,26).